The van der Waals surface area contributed by atoms with E-state index in [0.29, 0.717) is 0 Å². The Hall–Kier alpha value is 0.200. The summed E-state index contributed by atoms with van der Waals surface area (Å²) in [6, 6.07) is 0. The van der Waals surface area contributed by atoms with Crippen LogP contribution in [0, 0.1) is 0 Å². The van der Waals surface area contributed by atoms with Crippen molar-refractivity contribution in [3.8, 4) is 11.5 Å². The summed E-state index contributed by atoms with van der Waals surface area (Å²) in [6.07, 6.45) is -3.23. The van der Waals surface area contributed by atoms with Crippen LogP contribution in [-0.4, -0.2) is 30.9 Å². The van der Waals surface area contributed by atoms with Gasteiger partial charge < -0.3 is 18.9 Å². The summed E-state index contributed by atoms with van der Waals surface area (Å²) >= 11 is 59.8. The van der Waals surface area contributed by atoms with Crippen LogP contribution in [0.2, 0.25) is 50.2 Å². The van der Waals surface area contributed by atoms with Crippen LogP contribution in [0.15, 0.2) is 0 Å². The monoisotopic (exact) mass is 654 g/mol. The summed E-state index contributed by atoms with van der Waals surface area (Å²) in [5, 5.41) is -2.34. The second-order valence-corrected chi connectivity index (χ2v) is 9.71. The minimum Gasteiger partial charge on any atom is -0.421 e. The van der Waals surface area contributed by atoms with Gasteiger partial charge in [-0.3, -0.25) is 0 Å². The molecule has 0 saturated carbocycles. The first-order valence-corrected chi connectivity index (χ1v) is 11.9. The van der Waals surface area contributed by atoms with Gasteiger partial charge in [0.25, 0.3) is 0 Å². The van der Waals surface area contributed by atoms with E-state index >= 15 is 0 Å². The van der Waals surface area contributed by atoms with Crippen LogP contribution in [0.3, 0.4) is 0 Å². The van der Waals surface area contributed by atoms with Gasteiger partial charge in [0.05, 0.1) is 30.1 Å². The molecule has 33 heavy (non-hydrogen) atoms. The fourth-order valence-electron chi connectivity index (χ4n) is 2.41. The smallest absolute Gasteiger partial charge is 0.344 e. The SMILES string of the molecule is O=C(Oc1c(Cl)c(Cl)c(Cl)c(Cl)c1Cl)[C@@H]1OCO[C@H]1C(=O)Oc1c(Cl)c(Cl)c(Cl)c(Cl)c1Cl. The Kier molecular flexibility index (Phi) is 9.32. The third-order valence-electron chi connectivity index (χ3n) is 3.98. The molecule has 0 bridgehead atoms. The van der Waals surface area contributed by atoms with E-state index in [1.165, 1.54) is 0 Å². The highest BCUT2D eigenvalue weighted by atomic mass is 35.5. The van der Waals surface area contributed by atoms with E-state index in [4.69, 9.17) is 135 Å². The van der Waals surface area contributed by atoms with Crippen molar-refractivity contribution in [3.05, 3.63) is 50.2 Å². The number of ether oxygens (including phenoxy) is 4. The summed E-state index contributed by atoms with van der Waals surface area (Å²) in [4.78, 5) is 25.4. The van der Waals surface area contributed by atoms with Gasteiger partial charge in [-0.25, -0.2) is 9.59 Å². The van der Waals surface area contributed by atoms with Crippen molar-refractivity contribution < 1.29 is 28.5 Å². The van der Waals surface area contributed by atoms with Crippen molar-refractivity contribution in [1.82, 2.24) is 0 Å². The lowest BCUT2D eigenvalue weighted by molar-refractivity contribution is -0.153. The molecule has 2 aromatic carbocycles. The first kappa shape index (κ1) is 27.8. The van der Waals surface area contributed by atoms with E-state index in [1.807, 2.05) is 0 Å². The van der Waals surface area contributed by atoms with Gasteiger partial charge in [0.1, 0.15) is 26.9 Å². The van der Waals surface area contributed by atoms with Crippen molar-refractivity contribution in [2.24, 2.45) is 0 Å². The molecule has 0 radical (unpaired) electrons. The van der Waals surface area contributed by atoms with Crippen molar-refractivity contribution in [2.75, 3.05) is 6.79 Å². The number of benzene rings is 2. The molecule has 2 aromatic rings. The Morgan fingerprint density at radius 1 is 0.515 bits per heavy atom. The summed E-state index contributed by atoms with van der Waals surface area (Å²) in [5.41, 5.74) is 0. The molecular formula is C17H4Cl10O6. The van der Waals surface area contributed by atoms with Gasteiger partial charge in [-0.05, 0) is 0 Å². The number of carbonyl (C=O) groups is 2. The molecule has 1 saturated heterocycles. The topological polar surface area (TPSA) is 71.1 Å². The van der Waals surface area contributed by atoms with Gasteiger partial charge >= 0.3 is 11.9 Å². The van der Waals surface area contributed by atoms with Gasteiger partial charge in [0, 0.05) is 0 Å². The van der Waals surface area contributed by atoms with E-state index in [-0.39, 0.29) is 50.2 Å². The van der Waals surface area contributed by atoms with Crippen LogP contribution >= 0.6 is 116 Å². The molecule has 0 aliphatic carbocycles. The maximum absolute atomic E-state index is 12.7. The molecule has 0 N–H and O–H groups in total. The summed E-state index contributed by atoms with van der Waals surface area (Å²) in [5.74, 6) is -3.10. The molecule has 0 aromatic heterocycles. The van der Waals surface area contributed by atoms with Gasteiger partial charge in [-0.2, -0.15) is 0 Å². The largest absolute Gasteiger partial charge is 0.421 e. The van der Waals surface area contributed by atoms with Crippen LogP contribution in [0.25, 0.3) is 0 Å². The van der Waals surface area contributed by atoms with Crippen LogP contribution in [-0.2, 0) is 19.1 Å². The molecule has 0 unspecified atom stereocenters. The molecule has 1 aliphatic rings. The lowest BCUT2D eigenvalue weighted by atomic mass is 10.2. The Balaban J connectivity index is 1.85. The highest BCUT2D eigenvalue weighted by Crippen LogP contribution is 2.49. The average molecular weight is 659 g/mol. The standard InChI is InChI=1S/C17H4Cl10O6/c18-2-4(20)8(24)12(9(25)5(2)21)32-16(28)14-15(31-1-30-14)17(29)33-13-10(26)6(22)3(19)7(23)11(13)27/h14-15H,1H2/t14-,15-/m1/s1. The Morgan fingerprint density at radius 2 is 0.758 bits per heavy atom. The van der Waals surface area contributed by atoms with E-state index < -0.39 is 42.4 Å². The second-order valence-electron chi connectivity index (χ2n) is 5.93. The summed E-state index contributed by atoms with van der Waals surface area (Å²) in [7, 11) is 0. The molecule has 1 fully saturated rings. The molecule has 0 spiro atoms. The molecule has 16 heteroatoms. The molecule has 2 atom stereocenters. The molecule has 1 heterocycles. The molecular weight excluding hydrogens is 655 g/mol. The number of hydrogen-bond acceptors (Lipinski definition) is 6. The lowest BCUT2D eigenvalue weighted by Gasteiger charge is -2.18. The maximum Gasteiger partial charge on any atom is 0.344 e. The first-order chi connectivity index (χ1) is 15.4. The predicted molar refractivity (Wildman–Crippen MR) is 129 cm³/mol. The van der Waals surface area contributed by atoms with Crippen molar-refractivity contribution >= 4 is 128 Å². The maximum atomic E-state index is 12.7. The van der Waals surface area contributed by atoms with Crippen LogP contribution in [0.1, 0.15) is 0 Å². The molecule has 1 aliphatic heterocycles. The first-order valence-electron chi connectivity index (χ1n) is 8.07. The fourth-order valence-corrected chi connectivity index (χ4v) is 4.81. The van der Waals surface area contributed by atoms with Crippen LogP contribution in [0.4, 0.5) is 0 Å². The average Bonchev–Trinajstić information content (AvgIpc) is 3.29. The van der Waals surface area contributed by atoms with Gasteiger partial charge in [0.15, 0.2) is 23.7 Å². The number of esters is 2. The number of rotatable bonds is 4. The zero-order valence-electron chi connectivity index (χ0n) is 15.1. The van der Waals surface area contributed by atoms with Crippen molar-refractivity contribution in [2.45, 2.75) is 12.2 Å². The zero-order chi connectivity index (χ0) is 24.8. The fraction of sp³-hybridized carbons (Fsp3) is 0.176. The van der Waals surface area contributed by atoms with Gasteiger partial charge in [-0.1, -0.05) is 116 Å². The summed E-state index contributed by atoms with van der Waals surface area (Å²) in [6.45, 7) is -0.466. The van der Waals surface area contributed by atoms with Crippen molar-refractivity contribution in [1.29, 1.82) is 0 Å². The van der Waals surface area contributed by atoms with Gasteiger partial charge in [-0.15, -0.1) is 0 Å². The zero-order valence-corrected chi connectivity index (χ0v) is 22.7. The predicted octanol–water partition coefficient (Wildman–Crippen LogP) is 8.47. The molecule has 6 nitrogen and oxygen atoms in total. The van der Waals surface area contributed by atoms with Gasteiger partial charge in [0.2, 0.25) is 0 Å². The third-order valence-corrected chi connectivity index (χ3v) is 8.46. The Labute approximate surface area is 235 Å². The molecule has 178 valence electrons. The van der Waals surface area contributed by atoms with Crippen LogP contribution < -0.4 is 9.47 Å². The summed E-state index contributed by atoms with van der Waals surface area (Å²) < 4.78 is 20.6. The normalized spacial score (nSPS) is 17.9. The van der Waals surface area contributed by atoms with Crippen LogP contribution in [0.5, 0.6) is 11.5 Å². The minimum absolute atomic E-state index is 0.149. The molecule has 0 amide bonds. The third kappa shape index (κ3) is 5.33. The quantitative estimate of drug-likeness (QED) is 0.142. The minimum atomic E-state index is -1.62. The lowest BCUT2D eigenvalue weighted by Crippen LogP contribution is -2.41. The van der Waals surface area contributed by atoms with E-state index in [0.717, 1.165) is 0 Å². The number of hydrogen-bond donors (Lipinski definition) is 0. The number of carbonyl (C=O) groups excluding carboxylic acids is 2. The van der Waals surface area contributed by atoms with E-state index in [9.17, 15) is 9.59 Å². The second kappa shape index (κ2) is 11.1. The van der Waals surface area contributed by atoms with E-state index in [2.05, 4.69) is 0 Å². The highest BCUT2D eigenvalue weighted by molar-refractivity contribution is 6.56. The number of halogens is 10. The van der Waals surface area contributed by atoms with Crippen molar-refractivity contribution in [3.63, 3.8) is 0 Å². The highest BCUT2D eigenvalue weighted by Gasteiger charge is 2.44. The van der Waals surface area contributed by atoms with E-state index in [1.54, 1.807) is 0 Å². The Morgan fingerprint density at radius 3 is 1.03 bits per heavy atom. The Bertz CT molecular complexity index is 1020. The molecule has 3 rings (SSSR count).